The summed E-state index contributed by atoms with van der Waals surface area (Å²) in [7, 11) is 0. The number of esters is 1. The normalized spacial score (nSPS) is 15.0. The number of nitrogens with one attached hydrogen (secondary N) is 1. The second-order valence-electron chi connectivity index (χ2n) is 7.65. The molecule has 1 heterocycles. The van der Waals surface area contributed by atoms with Crippen molar-refractivity contribution in [2.24, 2.45) is 4.99 Å². The molecule has 1 saturated heterocycles. The number of thioether (sulfide) groups is 1. The summed E-state index contributed by atoms with van der Waals surface area (Å²) in [6.45, 7) is 2.32. The summed E-state index contributed by atoms with van der Waals surface area (Å²) in [6, 6.07) is 22.8. The third-order valence-corrected chi connectivity index (χ3v) is 6.31. The van der Waals surface area contributed by atoms with Crippen molar-refractivity contribution in [2.75, 3.05) is 11.9 Å². The van der Waals surface area contributed by atoms with Gasteiger partial charge in [0.15, 0.2) is 5.17 Å². The second kappa shape index (κ2) is 13.2. The van der Waals surface area contributed by atoms with E-state index in [4.69, 9.17) is 16.3 Å². The van der Waals surface area contributed by atoms with Gasteiger partial charge in [0.25, 0.3) is 5.91 Å². The molecule has 1 aliphatic heterocycles. The molecule has 0 saturated carbocycles. The van der Waals surface area contributed by atoms with Crippen LogP contribution in [0.15, 0.2) is 94.8 Å². The summed E-state index contributed by atoms with van der Waals surface area (Å²) in [5, 5.41) is 3.76. The molecule has 3 aromatic carbocycles. The summed E-state index contributed by atoms with van der Waals surface area (Å²) in [5.74, 6) is -1.22. The smallest absolute Gasteiger partial charge is 0.338 e. The van der Waals surface area contributed by atoms with E-state index >= 15 is 0 Å². The van der Waals surface area contributed by atoms with Crippen molar-refractivity contribution in [2.45, 2.75) is 13.5 Å². The fourth-order valence-corrected chi connectivity index (χ4v) is 4.42. The molecule has 10 heteroatoms. The van der Waals surface area contributed by atoms with Gasteiger partial charge < -0.3 is 10.1 Å². The summed E-state index contributed by atoms with van der Waals surface area (Å²) >= 11 is 7.11. The largest absolute Gasteiger partial charge is 0.462 e. The number of carbonyl (C=O) groups excluding carboxylic acids is 3. The van der Waals surface area contributed by atoms with Crippen LogP contribution in [0.2, 0.25) is 5.02 Å². The minimum atomic E-state index is -0.470. The lowest BCUT2D eigenvalue weighted by atomic mass is 10.2. The molecule has 190 valence electrons. The van der Waals surface area contributed by atoms with Crippen molar-refractivity contribution in [3.05, 3.63) is 106 Å². The SMILES string of the molecule is Br.CCOC(=O)c1ccc(NC(=O)/C=C2\SC(=Nc3ccc(Cl)cc3)N(Cc3ccccc3)C2=O)cc1. The van der Waals surface area contributed by atoms with Gasteiger partial charge in [-0.15, -0.1) is 17.0 Å². The van der Waals surface area contributed by atoms with Gasteiger partial charge in [0.2, 0.25) is 5.91 Å². The molecule has 0 spiro atoms. The molecule has 0 atom stereocenters. The summed E-state index contributed by atoms with van der Waals surface area (Å²) < 4.78 is 4.96. The van der Waals surface area contributed by atoms with E-state index in [0.29, 0.717) is 33.7 Å². The Morgan fingerprint density at radius 2 is 1.70 bits per heavy atom. The van der Waals surface area contributed by atoms with E-state index in [2.05, 4.69) is 10.3 Å². The molecule has 4 rings (SSSR count). The molecule has 1 fully saturated rings. The summed E-state index contributed by atoms with van der Waals surface area (Å²) in [5.41, 5.74) is 2.44. The molecular weight excluding hydrogens is 578 g/mol. The minimum absolute atomic E-state index is 0. The lowest BCUT2D eigenvalue weighted by Gasteiger charge is -2.15. The standard InChI is InChI=1S/C27H22ClN3O4S.BrH/c1-2-35-26(34)19-8-12-21(13-9-19)29-24(32)16-23-25(33)31(17-18-6-4-3-5-7-18)27(36-23)30-22-14-10-20(28)11-15-22;/h3-16H,2,17H2,1H3,(H,29,32);1H/b23-16-,30-27?;. The fraction of sp³-hybridized carbons (Fsp3) is 0.111. The monoisotopic (exact) mass is 599 g/mol. The number of amides is 2. The van der Waals surface area contributed by atoms with Crippen LogP contribution in [0.3, 0.4) is 0 Å². The maximum absolute atomic E-state index is 13.2. The van der Waals surface area contributed by atoms with E-state index in [9.17, 15) is 14.4 Å². The predicted molar refractivity (Wildman–Crippen MR) is 153 cm³/mol. The number of anilines is 1. The summed E-state index contributed by atoms with van der Waals surface area (Å²) in [6.07, 6.45) is 1.26. The number of rotatable bonds is 7. The number of carbonyl (C=O) groups is 3. The van der Waals surface area contributed by atoms with Gasteiger partial charge in [-0.1, -0.05) is 41.9 Å². The molecule has 0 bridgehead atoms. The predicted octanol–water partition coefficient (Wildman–Crippen LogP) is 6.38. The molecule has 3 aromatic rings. The summed E-state index contributed by atoms with van der Waals surface area (Å²) in [4.78, 5) is 44.1. The maximum atomic E-state index is 13.2. The number of aliphatic imine (C=N–C) groups is 1. The lowest BCUT2D eigenvalue weighted by Crippen LogP contribution is -2.28. The van der Waals surface area contributed by atoms with Crippen molar-refractivity contribution in [3.8, 4) is 0 Å². The van der Waals surface area contributed by atoms with Crippen LogP contribution in [0.5, 0.6) is 0 Å². The highest BCUT2D eigenvalue weighted by Crippen LogP contribution is 2.34. The molecular formula is C27H23BrClN3O4S. The number of nitrogens with zero attached hydrogens (tertiary/aromatic N) is 2. The van der Waals surface area contributed by atoms with E-state index in [0.717, 1.165) is 17.3 Å². The quantitative estimate of drug-likeness (QED) is 0.251. The van der Waals surface area contributed by atoms with Gasteiger partial charge in [-0.05, 0) is 72.8 Å². The number of amidine groups is 1. The van der Waals surface area contributed by atoms with Gasteiger partial charge in [-0.25, -0.2) is 9.79 Å². The Morgan fingerprint density at radius 1 is 1.03 bits per heavy atom. The third-order valence-electron chi connectivity index (χ3n) is 5.05. The van der Waals surface area contributed by atoms with Crippen molar-refractivity contribution >= 4 is 74.7 Å². The molecule has 37 heavy (non-hydrogen) atoms. The van der Waals surface area contributed by atoms with Crippen LogP contribution < -0.4 is 5.32 Å². The molecule has 7 nitrogen and oxygen atoms in total. The Kier molecular flexibility index (Phi) is 10.1. The van der Waals surface area contributed by atoms with Crippen molar-refractivity contribution in [1.82, 2.24) is 4.90 Å². The van der Waals surface area contributed by atoms with Crippen LogP contribution in [-0.4, -0.2) is 34.5 Å². The molecule has 1 aliphatic rings. The average Bonchev–Trinajstić information content (AvgIpc) is 3.15. The van der Waals surface area contributed by atoms with E-state index in [1.165, 1.54) is 6.08 Å². The number of hydrogen-bond donors (Lipinski definition) is 1. The van der Waals surface area contributed by atoms with Gasteiger partial charge in [0.1, 0.15) is 0 Å². The zero-order valence-electron chi connectivity index (χ0n) is 19.7. The van der Waals surface area contributed by atoms with Crippen molar-refractivity contribution in [3.63, 3.8) is 0 Å². The molecule has 0 radical (unpaired) electrons. The lowest BCUT2D eigenvalue weighted by molar-refractivity contribution is -0.123. The van der Waals surface area contributed by atoms with E-state index in [1.807, 2.05) is 30.3 Å². The van der Waals surface area contributed by atoms with E-state index < -0.39 is 11.9 Å². The Hall–Kier alpha value is -3.40. The van der Waals surface area contributed by atoms with Gasteiger partial charge in [-0.2, -0.15) is 0 Å². The van der Waals surface area contributed by atoms with Crippen LogP contribution in [0.1, 0.15) is 22.8 Å². The first-order chi connectivity index (χ1) is 17.4. The minimum Gasteiger partial charge on any atom is -0.462 e. The highest BCUT2D eigenvalue weighted by Gasteiger charge is 2.34. The fourth-order valence-electron chi connectivity index (χ4n) is 3.32. The van der Waals surface area contributed by atoms with Gasteiger partial charge in [0.05, 0.1) is 29.3 Å². The van der Waals surface area contributed by atoms with E-state index in [-0.39, 0.29) is 34.4 Å². The topological polar surface area (TPSA) is 88.1 Å². The second-order valence-corrected chi connectivity index (χ2v) is 9.09. The van der Waals surface area contributed by atoms with Gasteiger partial charge >= 0.3 is 5.97 Å². The highest BCUT2D eigenvalue weighted by atomic mass is 79.9. The van der Waals surface area contributed by atoms with Crippen LogP contribution >= 0.6 is 40.3 Å². The van der Waals surface area contributed by atoms with Crippen molar-refractivity contribution in [1.29, 1.82) is 0 Å². The zero-order chi connectivity index (χ0) is 25.5. The Bertz CT molecular complexity index is 1330. The van der Waals surface area contributed by atoms with E-state index in [1.54, 1.807) is 60.4 Å². The molecule has 2 amide bonds. The first-order valence-corrected chi connectivity index (χ1v) is 12.3. The number of halogens is 2. The molecule has 0 aliphatic carbocycles. The molecule has 0 unspecified atom stereocenters. The first-order valence-electron chi connectivity index (χ1n) is 11.1. The Morgan fingerprint density at radius 3 is 2.35 bits per heavy atom. The van der Waals surface area contributed by atoms with Crippen LogP contribution in [0, 0.1) is 0 Å². The Balaban J connectivity index is 0.00000380. The van der Waals surface area contributed by atoms with Gasteiger partial charge in [-0.3, -0.25) is 14.5 Å². The first kappa shape index (κ1) is 28.2. The average molecular weight is 601 g/mol. The number of benzene rings is 3. The number of ether oxygens (including phenoxy) is 1. The number of hydrogen-bond acceptors (Lipinski definition) is 6. The van der Waals surface area contributed by atoms with Crippen LogP contribution in [0.25, 0.3) is 0 Å². The van der Waals surface area contributed by atoms with Gasteiger partial charge in [0, 0.05) is 16.8 Å². The Labute approximate surface area is 234 Å². The van der Waals surface area contributed by atoms with Crippen LogP contribution in [-0.2, 0) is 20.9 Å². The van der Waals surface area contributed by atoms with Crippen LogP contribution in [0.4, 0.5) is 11.4 Å². The zero-order valence-corrected chi connectivity index (χ0v) is 23.0. The highest BCUT2D eigenvalue weighted by molar-refractivity contribution is 8.93. The maximum Gasteiger partial charge on any atom is 0.338 e. The third kappa shape index (κ3) is 7.55. The molecule has 1 N–H and O–H groups in total. The van der Waals surface area contributed by atoms with Crippen molar-refractivity contribution < 1.29 is 19.1 Å². The molecule has 0 aromatic heterocycles.